The van der Waals surface area contributed by atoms with Crippen LogP contribution in [0.1, 0.15) is 49.7 Å². The van der Waals surface area contributed by atoms with E-state index in [0.717, 1.165) is 56.8 Å². The Bertz CT molecular complexity index is 469. The molecule has 4 nitrogen and oxygen atoms in total. The zero-order chi connectivity index (χ0) is 13.9. The number of carbonyl (C=O) groups excluding carboxylic acids is 1. The van der Waals surface area contributed by atoms with Gasteiger partial charge in [0, 0.05) is 12.5 Å². The topological polar surface area (TPSA) is 45.5 Å². The van der Waals surface area contributed by atoms with Crippen molar-refractivity contribution in [1.29, 1.82) is 0 Å². The number of amides is 1. The van der Waals surface area contributed by atoms with Crippen LogP contribution in [0.5, 0.6) is 0 Å². The van der Waals surface area contributed by atoms with Gasteiger partial charge in [0.1, 0.15) is 11.5 Å². The van der Waals surface area contributed by atoms with Gasteiger partial charge in [0.05, 0.1) is 6.04 Å². The molecule has 0 saturated carbocycles. The summed E-state index contributed by atoms with van der Waals surface area (Å²) in [5.41, 5.74) is 0. The summed E-state index contributed by atoms with van der Waals surface area (Å²) in [6.07, 6.45) is 5.27. The summed E-state index contributed by atoms with van der Waals surface area (Å²) >= 11 is 0. The highest BCUT2D eigenvalue weighted by molar-refractivity contribution is 5.85. The summed E-state index contributed by atoms with van der Waals surface area (Å²) in [5, 5.41) is 3.33. The monoisotopic (exact) mass is 312 g/mol. The fraction of sp³-hybridized carbons (Fsp3) is 0.688. The number of nitrogens with one attached hydrogen (secondary N) is 1. The Kier molecular flexibility index (Phi) is 5.71. The summed E-state index contributed by atoms with van der Waals surface area (Å²) in [4.78, 5) is 14.9. The fourth-order valence-corrected chi connectivity index (χ4v) is 3.43. The molecule has 3 heterocycles. The Balaban J connectivity index is 0.00000161. The summed E-state index contributed by atoms with van der Waals surface area (Å²) in [5.74, 6) is 2.43. The first-order valence-electron chi connectivity index (χ1n) is 7.83. The minimum atomic E-state index is 0. The van der Waals surface area contributed by atoms with Gasteiger partial charge in [-0.1, -0.05) is 0 Å². The van der Waals surface area contributed by atoms with E-state index in [9.17, 15) is 4.79 Å². The lowest BCUT2D eigenvalue weighted by Gasteiger charge is -2.37. The molecule has 2 aliphatic heterocycles. The Hall–Kier alpha value is -1.00. The standard InChI is InChI=1S/C16H24N2O2.ClH/c1-12-5-6-15(20-12)14-4-2-3-11-18(14)16(19)13-7-9-17-10-8-13;/h5-6,13-14,17H,2-4,7-11H2,1H3;1H. The highest BCUT2D eigenvalue weighted by Crippen LogP contribution is 2.34. The highest BCUT2D eigenvalue weighted by Gasteiger charge is 2.34. The number of hydrogen-bond donors (Lipinski definition) is 1. The van der Waals surface area contributed by atoms with E-state index < -0.39 is 0 Å². The van der Waals surface area contributed by atoms with Gasteiger partial charge < -0.3 is 14.6 Å². The van der Waals surface area contributed by atoms with Crippen molar-refractivity contribution >= 4 is 18.3 Å². The van der Waals surface area contributed by atoms with Crippen LogP contribution < -0.4 is 5.32 Å². The minimum Gasteiger partial charge on any atom is -0.464 e. The molecule has 3 rings (SSSR count). The second-order valence-electron chi connectivity index (χ2n) is 6.02. The van der Waals surface area contributed by atoms with Crippen LogP contribution >= 0.6 is 12.4 Å². The Morgan fingerprint density at radius 2 is 2.00 bits per heavy atom. The average Bonchev–Trinajstić information content (AvgIpc) is 2.94. The zero-order valence-corrected chi connectivity index (χ0v) is 13.5. The number of nitrogens with zero attached hydrogens (tertiary/aromatic N) is 1. The summed E-state index contributed by atoms with van der Waals surface area (Å²) < 4.78 is 5.78. The van der Waals surface area contributed by atoms with E-state index in [1.807, 2.05) is 19.1 Å². The Morgan fingerprint density at radius 1 is 1.24 bits per heavy atom. The summed E-state index contributed by atoms with van der Waals surface area (Å²) in [6.45, 7) is 4.78. The van der Waals surface area contributed by atoms with Crippen LogP contribution in [0, 0.1) is 12.8 Å². The van der Waals surface area contributed by atoms with Crippen LogP contribution in [0.4, 0.5) is 0 Å². The van der Waals surface area contributed by atoms with Crippen LogP contribution in [-0.2, 0) is 4.79 Å². The lowest BCUT2D eigenvalue weighted by molar-refractivity contribution is -0.140. The smallest absolute Gasteiger partial charge is 0.226 e. The molecule has 0 aromatic carbocycles. The molecular formula is C16H25ClN2O2. The maximum atomic E-state index is 12.8. The van der Waals surface area contributed by atoms with E-state index in [2.05, 4.69) is 10.2 Å². The SMILES string of the molecule is Cc1ccc(C2CCCCN2C(=O)C2CCNCC2)o1.Cl. The summed E-state index contributed by atoms with van der Waals surface area (Å²) in [6, 6.07) is 4.19. The van der Waals surface area contributed by atoms with Gasteiger partial charge in [0.25, 0.3) is 0 Å². The fourth-order valence-electron chi connectivity index (χ4n) is 3.43. The molecule has 2 saturated heterocycles. The van der Waals surface area contributed by atoms with E-state index >= 15 is 0 Å². The van der Waals surface area contributed by atoms with Gasteiger partial charge in [0.15, 0.2) is 0 Å². The van der Waals surface area contributed by atoms with Crippen LogP contribution in [-0.4, -0.2) is 30.4 Å². The van der Waals surface area contributed by atoms with Crippen molar-refractivity contribution in [2.45, 2.75) is 45.1 Å². The van der Waals surface area contributed by atoms with E-state index in [1.165, 1.54) is 6.42 Å². The van der Waals surface area contributed by atoms with Crippen molar-refractivity contribution in [3.63, 3.8) is 0 Å². The van der Waals surface area contributed by atoms with Gasteiger partial charge in [-0.15, -0.1) is 12.4 Å². The van der Waals surface area contributed by atoms with E-state index in [1.54, 1.807) is 0 Å². The van der Waals surface area contributed by atoms with E-state index in [4.69, 9.17) is 4.42 Å². The Labute approximate surface area is 132 Å². The van der Waals surface area contributed by atoms with Gasteiger partial charge in [0.2, 0.25) is 5.91 Å². The van der Waals surface area contributed by atoms with Crippen molar-refractivity contribution in [1.82, 2.24) is 10.2 Å². The first kappa shape index (κ1) is 16.4. The van der Waals surface area contributed by atoms with Gasteiger partial charge in [-0.2, -0.15) is 0 Å². The number of piperidine rings is 2. The number of halogens is 1. The second kappa shape index (κ2) is 7.32. The summed E-state index contributed by atoms with van der Waals surface area (Å²) in [7, 11) is 0. The van der Waals surface area contributed by atoms with Gasteiger partial charge in [-0.05, 0) is 64.3 Å². The van der Waals surface area contributed by atoms with Crippen LogP contribution in [0.3, 0.4) is 0 Å². The molecule has 0 spiro atoms. The zero-order valence-electron chi connectivity index (χ0n) is 12.6. The Morgan fingerprint density at radius 3 is 2.67 bits per heavy atom. The molecule has 0 bridgehead atoms. The molecule has 1 N–H and O–H groups in total. The molecule has 1 aromatic rings. The third-order valence-electron chi connectivity index (χ3n) is 4.56. The van der Waals surface area contributed by atoms with Crippen molar-refractivity contribution in [3.05, 3.63) is 23.7 Å². The van der Waals surface area contributed by atoms with Crippen LogP contribution in [0.2, 0.25) is 0 Å². The number of hydrogen-bond acceptors (Lipinski definition) is 3. The molecule has 5 heteroatoms. The predicted octanol–water partition coefficient (Wildman–Crippen LogP) is 3.06. The van der Waals surface area contributed by atoms with Gasteiger partial charge in [-0.3, -0.25) is 4.79 Å². The number of rotatable bonds is 2. The van der Waals surface area contributed by atoms with Crippen LogP contribution in [0.25, 0.3) is 0 Å². The number of carbonyl (C=O) groups is 1. The first-order valence-corrected chi connectivity index (χ1v) is 7.83. The minimum absolute atomic E-state index is 0. The molecule has 118 valence electrons. The van der Waals surface area contributed by atoms with Crippen molar-refractivity contribution < 1.29 is 9.21 Å². The van der Waals surface area contributed by atoms with Gasteiger partial charge >= 0.3 is 0 Å². The maximum Gasteiger partial charge on any atom is 0.226 e. The number of likely N-dealkylation sites (tertiary alicyclic amines) is 1. The molecule has 0 radical (unpaired) electrons. The molecule has 21 heavy (non-hydrogen) atoms. The van der Waals surface area contributed by atoms with E-state index in [-0.39, 0.29) is 24.4 Å². The molecule has 0 aliphatic carbocycles. The van der Waals surface area contributed by atoms with Crippen molar-refractivity contribution in [2.75, 3.05) is 19.6 Å². The first-order chi connectivity index (χ1) is 9.75. The van der Waals surface area contributed by atoms with Crippen molar-refractivity contribution in [3.8, 4) is 0 Å². The van der Waals surface area contributed by atoms with E-state index in [0.29, 0.717) is 5.91 Å². The molecule has 1 amide bonds. The lowest BCUT2D eigenvalue weighted by Crippen LogP contribution is -2.44. The molecule has 2 fully saturated rings. The quantitative estimate of drug-likeness (QED) is 0.913. The highest BCUT2D eigenvalue weighted by atomic mass is 35.5. The normalized spacial score (nSPS) is 23.7. The third-order valence-corrected chi connectivity index (χ3v) is 4.56. The molecule has 1 unspecified atom stereocenters. The largest absolute Gasteiger partial charge is 0.464 e. The average molecular weight is 313 g/mol. The predicted molar refractivity (Wildman–Crippen MR) is 84.6 cm³/mol. The lowest BCUT2D eigenvalue weighted by atomic mass is 9.92. The molecule has 1 aromatic heterocycles. The number of furan rings is 1. The van der Waals surface area contributed by atoms with Gasteiger partial charge in [-0.25, -0.2) is 0 Å². The maximum absolute atomic E-state index is 12.8. The molecular weight excluding hydrogens is 288 g/mol. The van der Waals surface area contributed by atoms with Crippen molar-refractivity contribution in [2.24, 2.45) is 5.92 Å². The van der Waals surface area contributed by atoms with Crippen LogP contribution in [0.15, 0.2) is 16.5 Å². The third kappa shape index (κ3) is 3.61. The molecule has 2 aliphatic rings. The second-order valence-corrected chi connectivity index (χ2v) is 6.02. The molecule has 1 atom stereocenters. The number of aryl methyl sites for hydroxylation is 1.